The quantitative estimate of drug-likeness (QED) is 0.763. The van der Waals surface area contributed by atoms with Gasteiger partial charge in [0.15, 0.2) is 0 Å². The number of nitriles is 1. The van der Waals surface area contributed by atoms with Crippen molar-refractivity contribution in [1.82, 2.24) is 4.57 Å². The third-order valence-electron chi connectivity index (χ3n) is 3.71. The molecule has 1 aliphatic carbocycles. The zero-order chi connectivity index (χ0) is 12.4. The van der Waals surface area contributed by atoms with Crippen molar-refractivity contribution in [3.8, 4) is 6.07 Å². The fourth-order valence-corrected chi connectivity index (χ4v) is 3.62. The van der Waals surface area contributed by atoms with Gasteiger partial charge in [-0.1, -0.05) is 31.0 Å². The van der Waals surface area contributed by atoms with Gasteiger partial charge in [-0.25, -0.2) is 0 Å². The fourth-order valence-electron chi connectivity index (χ4n) is 2.88. The van der Waals surface area contributed by atoms with Gasteiger partial charge in [-0.05, 0) is 18.9 Å². The van der Waals surface area contributed by atoms with Crippen LogP contribution in [0.5, 0.6) is 0 Å². The van der Waals surface area contributed by atoms with Crippen molar-refractivity contribution in [2.75, 3.05) is 5.75 Å². The molecule has 1 aromatic carbocycles. The van der Waals surface area contributed by atoms with Crippen LogP contribution in [0.1, 0.15) is 31.7 Å². The van der Waals surface area contributed by atoms with Crippen LogP contribution in [0.2, 0.25) is 0 Å². The Morgan fingerprint density at radius 2 is 2.06 bits per heavy atom. The van der Waals surface area contributed by atoms with Gasteiger partial charge in [-0.3, -0.25) is 0 Å². The first-order valence-corrected chi connectivity index (χ1v) is 7.48. The molecule has 3 heteroatoms. The van der Waals surface area contributed by atoms with Crippen LogP contribution in [-0.4, -0.2) is 10.3 Å². The van der Waals surface area contributed by atoms with Gasteiger partial charge in [0.2, 0.25) is 0 Å². The fraction of sp³-hybridized carbons (Fsp3) is 0.400. The molecular formula is C15H16N2S. The normalized spacial score (nSPS) is 16.2. The molecular weight excluding hydrogens is 240 g/mol. The van der Waals surface area contributed by atoms with Crippen molar-refractivity contribution in [3.05, 3.63) is 30.5 Å². The molecule has 2 nitrogen and oxygen atoms in total. The number of benzene rings is 1. The minimum Gasteiger partial charge on any atom is -0.343 e. The van der Waals surface area contributed by atoms with Crippen molar-refractivity contribution in [2.45, 2.75) is 36.6 Å². The first-order chi connectivity index (χ1) is 8.90. The summed E-state index contributed by atoms with van der Waals surface area (Å²) in [6, 6.07) is 11.4. The molecule has 1 aliphatic rings. The Morgan fingerprint density at radius 3 is 2.83 bits per heavy atom. The molecule has 0 spiro atoms. The second kappa shape index (κ2) is 5.07. The lowest BCUT2D eigenvalue weighted by Gasteiger charge is -2.12. The molecule has 0 radical (unpaired) electrons. The zero-order valence-corrected chi connectivity index (χ0v) is 11.1. The molecule has 0 bridgehead atoms. The van der Waals surface area contributed by atoms with Crippen molar-refractivity contribution in [2.24, 2.45) is 0 Å². The summed E-state index contributed by atoms with van der Waals surface area (Å²) in [6.07, 6.45) is 7.53. The van der Waals surface area contributed by atoms with Crippen LogP contribution in [-0.2, 0) is 0 Å². The number of rotatable bonds is 3. The molecule has 1 aromatic heterocycles. The lowest BCUT2D eigenvalue weighted by atomic mass is 10.2. The van der Waals surface area contributed by atoms with Crippen LogP contribution in [0.3, 0.4) is 0 Å². The van der Waals surface area contributed by atoms with E-state index in [1.54, 1.807) is 11.8 Å². The van der Waals surface area contributed by atoms with E-state index >= 15 is 0 Å². The van der Waals surface area contributed by atoms with Gasteiger partial charge < -0.3 is 4.57 Å². The third kappa shape index (κ3) is 2.02. The number of thioether (sulfide) groups is 1. The Kier molecular flexibility index (Phi) is 3.29. The molecule has 0 aliphatic heterocycles. The number of hydrogen-bond donors (Lipinski definition) is 0. The predicted molar refractivity (Wildman–Crippen MR) is 75.8 cm³/mol. The minimum absolute atomic E-state index is 0.526. The highest BCUT2D eigenvalue weighted by atomic mass is 32.2. The molecule has 18 heavy (non-hydrogen) atoms. The maximum absolute atomic E-state index is 8.74. The van der Waals surface area contributed by atoms with Gasteiger partial charge in [0, 0.05) is 28.0 Å². The van der Waals surface area contributed by atoms with E-state index in [2.05, 4.69) is 41.1 Å². The summed E-state index contributed by atoms with van der Waals surface area (Å²) in [7, 11) is 0. The first kappa shape index (κ1) is 11.7. The molecule has 2 aromatic rings. The molecule has 0 atom stereocenters. The Labute approximate surface area is 112 Å². The topological polar surface area (TPSA) is 28.7 Å². The van der Waals surface area contributed by atoms with Crippen molar-refractivity contribution in [3.63, 3.8) is 0 Å². The summed E-state index contributed by atoms with van der Waals surface area (Å²) >= 11 is 1.65. The van der Waals surface area contributed by atoms with E-state index in [9.17, 15) is 0 Å². The Morgan fingerprint density at radius 1 is 1.28 bits per heavy atom. The number of para-hydroxylation sites is 1. The summed E-state index contributed by atoms with van der Waals surface area (Å²) < 4.78 is 2.43. The minimum atomic E-state index is 0.526. The van der Waals surface area contributed by atoms with E-state index < -0.39 is 0 Å². The summed E-state index contributed by atoms with van der Waals surface area (Å²) in [5, 5.41) is 10.0. The van der Waals surface area contributed by atoms with Crippen molar-refractivity contribution in [1.29, 1.82) is 5.26 Å². The summed E-state index contributed by atoms with van der Waals surface area (Å²) in [5.74, 6) is 0.526. The molecule has 0 unspecified atom stereocenters. The monoisotopic (exact) mass is 256 g/mol. The van der Waals surface area contributed by atoms with E-state index in [0.29, 0.717) is 11.8 Å². The van der Waals surface area contributed by atoms with E-state index in [4.69, 9.17) is 5.26 Å². The van der Waals surface area contributed by atoms with Gasteiger partial charge in [0.25, 0.3) is 0 Å². The standard InChI is InChI=1S/C15H16N2S/c16-9-10-18-15-11-17(12-5-1-2-6-12)14-8-4-3-7-13(14)15/h3-4,7-8,11-12H,1-2,5-6,10H2. The average Bonchev–Trinajstić information content (AvgIpc) is 3.04. The highest BCUT2D eigenvalue weighted by Crippen LogP contribution is 2.37. The maximum atomic E-state index is 8.74. The van der Waals surface area contributed by atoms with Gasteiger partial charge in [-0.2, -0.15) is 5.26 Å². The number of hydrogen-bond acceptors (Lipinski definition) is 2. The van der Waals surface area contributed by atoms with Gasteiger partial charge in [0.05, 0.1) is 11.8 Å². The second-order valence-corrected chi connectivity index (χ2v) is 5.82. The maximum Gasteiger partial charge on any atom is 0.0856 e. The molecule has 1 heterocycles. The number of aromatic nitrogens is 1. The lowest BCUT2D eigenvalue weighted by Crippen LogP contribution is -2.02. The highest BCUT2D eigenvalue weighted by Gasteiger charge is 2.19. The van der Waals surface area contributed by atoms with E-state index in [0.717, 1.165) is 0 Å². The lowest BCUT2D eigenvalue weighted by molar-refractivity contribution is 0.533. The van der Waals surface area contributed by atoms with Gasteiger partial charge in [0.1, 0.15) is 0 Å². The number of nitrogens with zero attached hydrogens (tertiary/aromatic N) is 2. The highest BCUT2D eigenvalue weighted by molar-refractivity contribution is 7.99. The van der Waals surface area contributed by atoms with Crippen molar-refractivity contribution >= 4 is 22.7 Å². The molecule has 0 saturated heterocycles. The first-order valence-electron chi connectivity index (χ1n) is 6.49. The Balaban J connectivity index is 2.05. The summed E-state index contributed by atoms with van der Waals surface area (Å²) in [5.41, 5.74) is 1.32. The average molecular weight is 256 g/mol. The Bertz CT molecular complexity index is 588. The van der Waals surface area contributed by atoms with Gasteiger partial charge in [-0.15, -0.1) is 11.8 Å². The van der Waals surface area contributed by atoms with Crippen LogP contribution in [0.25, 0.3) is 10.9 Å². The molecule has 3 rings (SSSR count). The molecule has 0 N–H and O–H groups in total. The molecule has 1 fully saturated rings. The van der Waals surface area contributed by atoms with E-state index in [1.807, 2.05) is 0 Å². The second-order valence-electron chi connectivity index (χ2n) is 4.80. The van der Waals surface area contributed by atoms with E-state index in [-0.39, 0.29) is 0 Å². The van der Waals surface area contributed by atoms with Crippen LogP contribution in [0.15, 0.2) is 35.4 Å². The molecule has 92 valence electrons. The van der Waals surface area contributed by atoms with E-state index in [1.165, 1.54) is 41.5 Å². The molecule has 0 amide bonds. The SMILES string of the molecule is N#CCSc1cn(C2CCCC2)c2ccccc12. The van der Waals surface area contributed by atoms with Gasteiger partial charge >= 0.3 is 0 Å². The van der Waals surface area contributed by atoms with Crippen molar-refractivity contribution < 1.29 is 0 Å². The smallest absolute Gasteiger partial charge is 0.0856 e. The number of fused-ring (bicyclic) bond motifs is 1. The van der Waals surface area contributed by atoms with Crippen LogP contribution in [0, 0.1) is 11.3 Å². The Hall–Kier alpha value is -1.40. The summed E-state index contributed by atoms with van der Waals surface area (Å²) in [6.45, 7) is 0. The third-order valence-corrected chi connectivity index (χ3v) is 4.62. The summed E-state index contributed by atoms with van der Waals surface area (Å²) in [4.78, 5) is 1.25. The molecule has 1 saturated carbocycles. The van der Waals surface area contributed by atoms with Crippen LogP contribution < -0.4 is 0 Å². The van der Waals surface area contributed by atoms with Crippen LogP contribution in [0.4, 0.5) is 0 Å². The predicted octanol–water partition coefficient (Wildman–Crippen LogP) is 4.37. The largest absolute Gasteiger partial charge is 0.343 e. The van der Waals surface area contributed by atoms with Crippen LogP contribution >= 0.6 is 11.8 Å². The zero-order valence-electron chi connectivity index (χ0n) is 10.3.